The first kappa shape index (κ1) is 16.2. The van der Waals surface area contributed by atoms with Crippen molar-refractivity contribution < 1.29 is 9.90 Å². The van der Waals surface area contributed by atoms with Gasteiger partial charge < -0.3 is 10.8 Å². The fraction of sp³-hybridized carbons (Fsp3) is 0.421. The van der Waals surface area contributed by atoms with Gasteiger partial charge in [0.05, 0.1) is 6.10 Å². The molecule has 1 amide bonds. The molecule has 1 fully saturated rings. The van der Waals surface area contributed by atoms with E-state index in [0.29, 0.717) is 12.2 Å². The number of fused-ring (bicyclic) bond motifs is 1. The number of hydrogen-bond acceptors (Lipinski definition) is 5. The van der Waals surface area contributed by atoms with Crippen LogP contribution in [0, 0.1) is 0 Å². The molecule has 2 heterocycles. The maximum atomic E-state index is 11.3. The summed E-state index contributed by atoms with van der Waals surface area (Å²) in [4.78, 5) is 22.3. The molecule has 3 atom stereocenters. The maximum absolute atomic E-state index is 11.3. The minimum absolute atomic E-state index is 0.0523. The molecular formula is C19H22N4O2. The van der Waals surface area contributed by atoms with Crippen LogP contribution in [0.1, 0.15) is 46.2 Å². The Kier molecular flexibility index (Phi) is 4.23. The third kappa shape index (κ3) is 3.15. The van der Waals surface area contributed by atoms with Crippen LogP contribution in [0.25, 0.3) is 0 Å². The molecule has 0 bridgehead atoms. The Morgan fingerprint density at radius 3 is 2.80 bits per heavy atom. The number of rotatable bonds is 3. The lowest BCUT2D eigenvalue weighted by atomic mass is 9.97. The van der Waals surface area contributed by atoms with Crippen molar-refractivity contribution in [3.05, 3.63) is 59.2 Å². The molecule has 1 aliphatic heterocycles. The van der Waals surface area contributed by atoms with Crippen molar-refractivity contribution in [2.75, 3.05) is 6.54 Å². The molecule has 0 radical (unpaired) electrons. The van der Waals surface area contributed by atoms with E-state index in [-0.39, 0.29) is 17.7 Å². The predicted octanol–water partition coefficient (Wildman–Crippen LogP) is 1.24. The standard InChI is InChI=1S/C19H22N4O2/c20-18(25)15-5-7-21-19(22-15)14-9-16(17(24)10-14)23-8-6-12-3-1-2-4-13(12)11-23/h1-5,7,14,16-17,24H,6,8-11H2,(H2,20,25). The van der Waals surface area contributed by atoms with Crippen molar-refractivity contribution in [2.45, 2.75) is 43.9 Å². The number of carbonyl (C=O) groups excluding carboxylic acids is 1. The molecule has 6 nitrogen and oxygen atoms in total. The largest absolute Gasteiger partial charge is 0.391 e. The lowest BCUT2D eigenvalue weighted by Gasteiger charge is -2.35. The number of benzene rings is 1. The highest BCUT2D eigenvalue weighted by atomic mass is 16.3. The van der Waals surface area contributed by atoms with E-state index in [2.05, 4.69) is 39.1 Å². The van der Waals surface area contributed by atoms with E-state index in [1.54, 1.807) is 6.20 Å². The summed E-state index contributed by atoms with van der Waals surface area (Å²) in [5, 5.41) is 10.6. The maximum Gasteiger partial charge on any atom is 0.267 e. The Morgan fingerprint density at radius 2 is 2.00 bits per heavy atom. The van der Waals surface area contributed by atoms with Gasteiger partial charge >= 0.3 is 0 Å². The van der Waals surface area contributed by atoms with Gasteiger partial charge in [-0.05, 0) is 36.5 Å². The second-order valence-corrected chi connectivity index (χ2v) is 6.96. The Labute approximate surface area is 146 Å². The van der Waals surface area contributed by atoms with Crippen LogP contribution >= 0.6 is 0 Å². The van der Waals surface area contributed by atoms with E-state index in [1.165, 1.54) is 17.2 Å². The number of aromatic nitrogens is 2. The molecule has 4 rings (SSSR count). The summed E-state index contributed by atoms with van der Waals surface area (Å²) in [5.41, 5.74) is 8.29. The zero-order valence-corrected chi connectivity index (χ0v) is 14.0. The monoisotopic (exact) mass is 338 g/mol. The molecular weight excluding hydrogens is 316 g/mol. The van der Waals surface area contributed by atoms with E-state index in [0.717, 1.165) is 25.9 Å². The Balaban J connectivity index is 1.50. The van der Waals surface area contributed by atoms with Crippen LogP contribution < -0.4 is 5.73 Å². The average Bonchev–Trinajstić information content (AvgIpc) is 3.03. The van der Waals surface area contributed by atoms with E-state index < -0.39 is 12.0 Å². The van der Waals surface area contributed by atoms with Crippen LogP contribution in [0.15, 0.2) is 36.5 Å². The summed E-state index contributed by atoms with van der Waals surface area (Å²) in [6, 6.07) is 10.1. The third-order valence-corrected chi connectivity index (χ3v) is 5.42. The minimum Gasteiger partial charge on any atom is -0.391 e. The highest BCUT2D eigenvalue weighted by molar-refractivity contribution is 5.90. The first-order chi connectivity index (χ1) is 12.1. The second kappa shape index (κ2) is 6.54. The fourth-order valence-electron chi connectivity index (χ4n) is 4.10. The third-order valence-electron chi connectivity index (χ3n) is 5.42. The number of amides is 1. The number of aliphatic hydroxyl groups excluding tert-OH is 1. The Bertz CT molecular complexity index is 794. The highest BCUT2D eigenvalue weighted by Gasteiger charge is 2.39. The van der Waals surface area contributed by atoms with Crippen molar-refractivity contribution in [1.29, 1.82) is 0 Å². The molecule has 1 aromatic carbocycles. The second-order valence-electron chi connectivity index (χ2n) is 6.96. The zero-order valence-electron chi connectivity index (χ0n) is 14.0. The summed E-state index contributed by atoms with van der Waals surface area (Å²) in [7, 11) is 0. The van der Waals surface area contributed by atoms with Crippen LogP contribution in [0.2, 0.25) is 0 Å². The zero-order chi connectivity index (χ0) is 17.4. The van der Waals surface area contributed by atoms with Gasteiger partial charge in [0.2, 0.25) is 0 Å². The smallest absolute Gasteiger partial charge is 0.267 e. The van der Waals surface area contributed by atoms with Crippen molar-refractivity contribution in [1.82, 2.24) is 14.9 Å². The molecule has 6 heteroatoms. The Hall–Kier alpha value is -2.31. The average molecular weight is 338 g/mol. The van der Waals surface area contributed by atoms with Crippen molar-refractivity contribution in [2.24, 2.45) is 5.73 Å². The van der Waals surface area contributed by atoms with Gasteiger partial charge in [-0.15, -0.1) is 0 Å². The number of primary amides is 1. The molecule has 2 aliphatic rings. The van der Waals surface area contributed by atoms with E-state index >= 15 is 0 Å². The quantitative estimate of drug-likeness (QED) is 0.878. The molecule has 3 unspecified atom stereocenters. The lowest BCUT2D eigenvalue weighted by molar-refractivity contribution is 0.0626. The van der Waals surface area contributed by atoms with Crippen LogP contribution in [0.3, 0.4) is 0 Å². The minimum atomic E-state index is -0.550. The fourth-order valence-corrected chi connectivity index (χ4v) is 4.10. The number of carbonyl (C=O) groups is 1. The van der Waals surface area contributed by atoms with E-state index in [1.807, 2.05) is 0 Å². The van der Waals surface area contributed by atoms with Gasteiger partial charge in [-0.1, -0.05) is 24.3 Å². The van der Waals surface area contributed by atoms with Crippen LogP contribution in [0.4, 0.5) is 0 Å². The topological polar surface area (TPSA) is 92.3 Å². The molecule has 25 heavy (non-hydrogen) atoms. The summed E-state index contributed by atoms with van der Waals surface area (Å²) in [6.45, 7) is 1.82. The van der Waals surface area contributed by atoms with E-state index in [4.69, 9.17) is 5.73 Å². The van der Waals surface area contributed by atoms with Gasteiger partial charge in [-0.2, -0.15) is 0 Å². The summed E-state index contributed by atoms with van der Waals surface area (Å²) >= 11 is 0. The molecule has 1 saturated carbocycles. The first-order valence-electron chi connectivity index (χ1n) is 8.73. The summed E-state index contributed by atoms with van der Waals surface area (Å²) < 4.78 is 0. The van der Waals surface area contributed by atoms with Crippen LogP contribution in [0.5, 0.6) is 0 Å². The van der Waals surface area contributed by atoms with Gasteiger partial charge in [-0.25, -0.2) is 9.97 Å². The van der Waals surface area contributed by atoms with Crippen LogP contribution in [-0.2, 0) is 13.0 Å². The van der Waals surface area contributed by atoms with Gasteiger partial charge in [0, 0.05) is 31.2 Å². The highest BCUT2D eigenvalue weighted by Crippen LogP contribution is 2.37. The first-order valence-corrected chi connectivity index (χ1v) is 8.73. The molecule has 1 aromatic heterocycles. The molecule has 130 valence electrons. The van der Waals surface area contributed by atoms with Crippen molar-refractivity contribution >= 4 is 5.91 Å². The molecule has 0 saturated heterocycles. The van der Waals surface area contributed by atoms with Gasteiger partial charge in [-0.3, -0.25) is 9.69 Å². The summed E-state index contributed by atoms with van der Waals surface area (Å²) in [6.07, 6.45) is 3.59. The molecule has 3 N–H and O–H groups in total. The van der Waals surface area contributed by atoms with Gasteiger partial charge in [0.1, 0.15) is 11.5 Å². The van der Waals surface area contributed by atoms with Gasteiger partial charge in [0.15, 0.2) is 0 Å². The predicted molar refractivity (Wildman–Crippen MR) is 92.9 cm³/mol. The van der Waals surface area contributed by atoms with E-state index in [9.17, 15) is 9.90 Å². The number of aliphatic hydroxyl groups is 1. The van der Waals surface area contributed by atoms with Crippen molar-refractivity contribution in [3.63, 3.8) is 0 Å². The summed E-state index contributed by atoms with van der Waals surface area (Å²) in [5.74, 6) is 0.109. The number of nitrogens with zero attached hydrogens (tertiary/aromatic N) is 3. The number of nitrogens with two attached hydrogens (primary N) is 1. The lowest BCUT2D eigenvalue weighted by Crippen LogP contribution is -2.43. The molecule has 2 aromatic rings. The molecule has 1 aliphatic carbocycles. The Morgan fingerprint density at radius 1 is 1.20 bits per heavy atom. The SMILES string of the molecule is NC(=O)c1ccnc(C2CC(O)C(N3CCc4ccccc4C3)C2)n1. The molecule has 0 spiro atoms. The number of hydrogen-bond donors (Lipinski definition) is 2. The normalized spacial score (nSPS) is 26.4. The van der Waals surface area contributed by atoms with Gasteiger partial charge in [0.25, 0.3) is 5.91 Å². The van der Waals surface area contributed by atoms with Crippen LogP contribution in [-0.4, -0.2) is 44.6 Å². The van der Waals surface area contributed by atoms with Crippen molar-refractivity contribution in [3.8, 4) is 0 Å².